The quantitative estimate of drug-likeness (QED) is 0.147. The molecule has 0 radical (unpaired) electrons. The highest BCUT2D eigenvalue weighted by Gasteiger charge is 2.50. The predicted octanol–water partition coefficient (Wildman–Crippen LogP) is -1.23. The number of aliphatic hydroxyl groups excluding tert-OH is 7. The molecule has 10 atom stereocenters. The molecule has 0 amide bonds. The molecule has 196 valence electrons. The normalized spacial score (nSPS) is 39.6. The third-order valence-electron chi connectivity index (χ3n) is 6.24. The van der Waals surface area contributed by atoms with Gasteiger partial charge in [0.1, 0.15) is 48.8 Å². The molecule has 2 fully saturated rings. The zero-order valence-electron chi connectivity index (χ0n) is 19.3. The Kier molecular flexibility index (Phi) is 13.0. The Bertz CT molecular complexity index is 521. The zero-order chi connectivity index (χ0) is 24.4. The van der Waals surface area contributed by atoms with Crippen LogP contribution in [0, 0.1) is 0 Å². The van der Waals surface area contributed by atoms with Gasteiger partial charge in [-0.3, -0.25) is 0 Å². The molecule has 0 saturated carbocycles. The van der Waals surface area contributed by atoms with Gasteiger partial charge in [-0.2, -0.15) is 0 Å². The van der Waals surface area contributed by atoms with Gasteiger partial charge in [0.05, 0.1) is 13.2 Å². The summed E-state index contributed by atoms with van der Waals surface area (Å²) in [5, 5.41) is 69.9. The minimum absolute atomic E-state index is 0.319. The first-order valence-electron chi connectivity index (χ1n) is 12.1. The van der Waals surface area contributed by atoms with Crippen LogP contribution in [0.3, 0.4) is 0 Å². The highest BCUT2D eigenvalue weighted by molar-refractivity contribution is 4.94. The maximum Gasteiger partial charge on any atom is 0.187 e. The third kappa shape index (κ3) is 8.04. The van der Waals surface area contributed by atoms with E-state index in [1.54, 1.807) is 0 Å². The molecule has 0 bridgehead atoms. The van der Waals surface area contributed by atoms with Gasteiger partial charge in [0.2, 0.25) is 0 Å². The molecule has 0 aromatic rings. The first-order chi connectivity index (χ1) is 15.8. The van der Waals surface area contributed by atoms with E-state index in [0.29, 0.717) is 6.61 Å². The van der Waals surface area contributed by atoms with Crippen LogP contribution in [0.2, 0.25) is 0 Å². The first kappa shape index (κ1) is 28.8. The lowest BCUT2D eigenvalue weighted by Gasteiger charge is -2.45. The fraction of sp³-hybridized carbons (Fsp3) is 1.00. The summed E-state index contributed by atoms with van der Waals surface area (Å²) in [6, 6.07) is 0. The zero-order valence-corrected chi connectivity index (χ0v) is 19.3. The largest absolute Gasteiger partial charge is 0.394 e. The number of hydrogen-bond donors (Lipinski definition) is 7. The Morgan fingerprint density at radius 1 is 0.606 bits per heavy atom. The summed E-state index contributed by atoms with van der Waals surface area (Å²) in [6.45, 7) is 1.28. The van der Waals surface area contributed by atoms with E-state index in [0.717, 1.165) is 19.3 Å². The second-order valence-electron chi connectivity index (χ2n) is 8.85. The minimum atomic E-state index is -1.69. The van der Waals surface area contributed by atoms with E-state index in [9.17, 15) is 35.7 Å². The van der Waals surface area contributed by atoms with Crippen molar-refractivity contribution in [2.24, 2.45) is 0 Å². The first-order valence-corrected chi connectivity index (χ1v) is 12.1. The fourth-order valence-electron chi connectivity index (χ4n) is 4.13. The monoisotopic (exact) mass is 482 g/mol. The molecule has 2 heterocycles. The van der Waals surface area contributed by atoms with Gasteiger partial charge in [-0.25, -0.2) is 0 Å². The number of hydrogen-bond acceptors (Lipinski definition) is 11. The Hall–Kier alpha value is -0.440. The molecule has 33 heavy (non-hydrogen) atoms. The van der Waals surface area contributed by atoms with Gasteiger partial charge >= 0.3 is 0 Å². The summed E-state index contributed by atoms with van der Waals surface area (Å²) >= 11 is 0. The summed E-state index contributed by atoms with van der Waals surface area (Å²) < 4.78 is 22.0. The lowest BCUT2D eigenvalue weighted by molar-refractivity contribution is -0.359. The van der Waals surface area contributed by atoms with Gasteiger partial charge in [0, 0.05) is 6.61 Å². The van der Waals surface area contributed by atoms with Crippen molar-refractivity contribution in [1.82, 2.24) is 0 Å². The Labute approximate surface area is 194 Å². The van der Waals surface area contributed by atoms with Crippen molar-refractivity contribution in [2.75, 3.05) is 19.8 Å². The molecular weight excluding hydrogens is 440 g/mol. The van der Waals surface area contributed by atoms with Gasteiger partial charge in [0.25, 0.3) is 0 Å². The Morgan fingerprint density at radius 2 is 1.15 bits per heavy atom. The van der Waals surface area contributed by atoms with Crippen LogP contribution in [-0.2, 0) is 18.9 Å². The minimum Gasteiger partial charge on any atom is -0.394 e. The topological polar surface area (TPSA) is 179 Å². The maximum absolute atomic E-state index is 10.6. The molecule has 0 aromatic carbocycles. The molecule has 2 aliphatic rings. The van der Waals surface area contributed by atoms with Crippen LogP contribution in [0.25, 0.3) is 0 Å². The van der Waals surface area contributed by atoms with Gasteiger partial charge < -0.3 is 54.7 Å². The van der Waals surface area contributed by atoms with Gasteiger partial charge in [-0.15, -0.1) is 0 Å². The SMILES string of the molecule is CCCCCCCCCCO[C@@H]1O[C@H](CO)[C@@H](O[C@H]2O[C@@H](CO)[C@@H](O)[C@H](O)[C@@H]2O)[C@H](O)[C@H]1O. The number of aliphatic hydroxyl groups is 7. The third-order valence-corrected chi connectivity index (χ3v) is 6.24. The predicted molar refractivity (Wildman–Crippen MR) is 115 cm³/mol. The fourth-order valence-corrected chi connectivity index (χ4v) is 4.13. The second-order valence-corrected chi connectivity index (χ2v) is 8.85. The highest BCUT2D eigenvalue weighted by Crippen LogP contribution is 2.29. The van der Waals surface area contributed by atoms with E-state index in [4.69, 9.17) is 18.9 Å². The smallest absolute Gasteiger partial charge is 0.187 e. The van der Waals surface area contributed by atoms with E-state index in [1.807, 2.05) is 0 Å². The number of rotatable bonds is 14. The van der Waals surface area contributed by atoms with Gasteiger partial charge in [-0.05, 0) is 6.42 Å². The van der Waals surface area contributed by atoms with Crippen molar-refractivity contribution >= 4 is 0 Å². The molecule has 11 nitrogen and oxygen atoms in total. The summed E-state index contributed by atoms with van der Waals surface area (Å²) in [7, 11) is 0. The molecule has 11 heteroatoms. The van der Waals surface area contributed by atoms with Crippen molar-refractivity contribution < 1.29 is 54.7 Å². The molecule has 0 aliphatic carbocycles. The number of unbranched alkanes of at least 4 members (excludes halogenated alkanes) is 7. The molecule has 2 rings (SSSR count). The average molecular weight is 483 g/mol. The van der Waals surface area contributed by atoms with Crippen LogP contribution >= 0.6 is 0 Å². The van der Waals surface area contributed by atoms with Gasteiger partial charge in [-0.1, -0.05) is 51.9 Å². The highest BCUT2D eigenvalue weighted by atomic mass is 16.7. The van der Waals surface area contributed by atoms with Crippen LogP contribution in [0.15, 0.2) is 0 Å². The van der Waals surface area contributed by atoms with Crippen molar-refractivity contribution in [3.05, 3.63) is 0 Å². The van der Waals surface area contributed by atoms with Crippen LogP contribution in [0.4, 0.5) is 0 Å². The summed E-state index contributed by atoms with van der Waals surface area (Å²) in [6.07, 6.45) is -5.35. The average Bonchev–Trinajstić information content (AvgIpc) is 2.82. The van der Waals surface area contributed by atoms with Gasteiger partial charge in [0.15, 0.2) is 12.6 Å². The molecule has 2 aliphatic heterocycles. The molecule has 0 unspecified atom stereocenters. The summed E-state index contributed by atoms with van der Waals surface area (Å²) in [5.74, 6) is 0. The summed E-state index contributed by atoms with van der Waals surface area (Å²) in [5.41, 5.74) is 0. The van der Waals surface area contributed by atoms with Crippen LogP contribution in [0.5, 0.6) is 0 Å². The van der Waals surface area contributed by atoms with Crippen molar-refractivity contribution in [1.29, 1.82) is 0 Å². The second kappa shape index (κ2) is 14.8. The molecular formula is C22H42O11. The van der Waals surface area contributed by atoms with E-state index in [-0.39, 0.29) is 0 Å². The van der Waals surface area contributed by atoms with Crippen molar-refractivity contribution in [3.63, 3.8) is 0 Å². The Balaban J connectivity index is 1.82. The van der Waals surface area contributed by atoms with Crippen LogP contribution in [0.1, 0.15) is 58.3 Å². The lowest BCUT2D eigenvalue weighted by Crippen LogP contribution is -2.64. The van der Waals surface area contributed by atoms with Crippen molar-refractivity contribution in [3.8, 4) is 0 Å². The summed E-state index contributed by atoms with van der Waals surface area (Å²) in [4.78, 5) is 0. The van der Waals surface area contributed by atoms with Crippen LogP contribution in [-0.4, -0.2) is 117 Å². The van der Waals surface area contributed by atoms with E-state index in [2.05, 4.69) is 6.92 Å². The Morgan fingerprint density at radius 3 is 1.76 bits per heavy atom. The number of ether oxygens (including phenoxy) is 4. The lowest BCUT2D eigenvalue weighted by atomic mass is 9.97. The van der Waals surface area contributed by atoms with Crippen molar-refractivity contribution in [2.45, 2.75) is 120 Å². The standard InChI is InChI=1S/C22H42O11/c1-2-3-4-5-6-7-8-9-10-30-21-19(29)17(27)20(14(12-24)32-21)33-22-18(28)16(26)15(25)13(11-23)31-22/h13-29H,2-12H2,1H3/t13-,14+,15+,16-,17+,18-,19+,20+,21+,22+/m0/s1. The maximum atomic E-state index is 10.6. The molecule has 0 aromatic heterocycles. The van der Waals surface area contributed by atoms with E-state index >= 15 is 0 Å². The molecule has 0 spiro atoms. The van der Waals surface area contributed by atoms with E-state index < -0.39 is 74.6 Å². The van der Waals surface area contributed by atoms with E-state index in [1.165, 1.54) is 32.1 Å². The molecule has 2 saturated heterocycles. The van der Waals surface area contributed by atoms with Crippen LogP contribution < -0.4 is 0 Å². The molecule has 7 N–H and O–H groups in total.